The van der Waals surface area contributed by atoms with Crippen LogP contribution in [0.15, 0.2) is 23.1 Å². The number of nitro groups is 1. The Morgan fingerprint density at radius 1 is 1.19 bits per heavy atom. The van der Waals surface area contributed by atoms with Gasteiger partial charge in [-0.3, -0.25) is 24.4 Å². The van der Waals surface area contributed by atoms with Crippen LogP contribution >= 0.6 is 0 Å². The fourth-order valence-electron chi connectivity index (χ4n) is 3.84. The van der Waals surface area contributed by atoms with Crippen molar-refractivity contribution >= 4 is 5.69 Å². The Hall–Kier alpha value is -1.69. The second-order valence-electron chi connectivity index (χ2n) is 6.16. The first-order valence-corrected chi connectivity index (χ1v) is 7.74. The van der Waals surface area contributed by atoms with Gasteiger partial charge in [0.05, 0.1) is 17.8 Å². The van der Waals surface area contributed by atoms with Crippen LogP contribution in [0.4, 0.5) is 5.69 Å². The highest BCUT2D eigenvalue weighted by Gasteiger charge is 2.33. The molecule has 1 saturated carbocycles. The van der Waals surface area contributed by atoms with Gasteiger partial charge in [-0.2, -0.15) is 0 Å². The highest BCUT2D eigenvalue weighted by Crippen LogP contribution is 2.35. The predicted molar refractivity (Wildman–Crippen MR) is 79.0 cm³/mol. The molecule has 2 aliphatic rings. The summed E-state index contributed by atoms with van der Waals surface area (Å²) in [7, 11) is 0. The third kappa shape index (κ3) is 3.00. The maximum absolute atomic E-state index is 11.9. The predicted octanol–water partition coefficient (Wildman–Crippen LogP) is 2.37. The van der Waals surface area contributed by atoms with E-state index in [1.807, 2.05) is 0 Å². The number of aromatic nitrogens is 1. The Kier molecular flexibility index (Phi) is 4.05. The molecule has 0 radical (unpaired) electrons. The number of pyridine rings is 1. The Labute approximate surface area is 123 Å². The Morgan fingerprint density at radius 3 is 2.76 bits per heavy atom. The molecule has 114 valence electrons. The normalized spacial score (nSPS) is 26.3. The fourth-order valence-corrected chi connectivity index (χ4v) is 3.84. The smallest absolute Gasteiger partial charge is 0.285 e. The van der Waals surface area contributed by atoms with E-state index < -0.39 is 4.92 Å². The van der Waals surface area contributed by atoms with E-state index in [0.717, 1.165) is 18.9 Å². The highest BCUT2D eigenvalue weighted by atomic mass is 16.6. The summed E-state index contributed by atoms with van der Waals surface area (Å²) in [6, 6.07) is 3.11. The average molecular weight is 291 g/mol. The van der Waals surface area contributed by atoms with Gasteiger partial charge in [-0.1, -0.05) is 12.8 Å². The van der Waals surface area contributed by atoms with Gasteiger partial charge in [0.2, 0.25) is 0 Å². The molecule has 3 rings (SSSR count). The van der Waals surface area contributed by atoms with Crippen LogP contribution in [0.2, 0.25) is 0 Å². The van der Waals surface area contributed by atoms with E-state index in [0.29, 0.717) is 12.7 Å². The molecule has 0 aromatic carbocycles. The lowest BCUT2D eigenvalue weighted by atomic mass is 9.78. The van der Waals surface area contributed by atoms with Gasteiger partial charge in [0.15, 0.2) is 0 Å². The van der Waals surface area contributed by atoms with E-state index in [1.54, 1.807) is 0 Å². The van der Waals surface area contributed by atoms with E-state index >= 15 is 0 Å². The van der Waals surface area contributed by atoms with Crippen molar-refractivity contribution in [1.29, 1.82) is 0 Å². The maximum Gasteiger partial charge on any atom is 0.285 e. The van der Waals surface area contributed by atoms with Crippen molar-refractivity contribution in [1.82, 2.24) is 9.47 Å². The molecule has 1 aromatic rings. The van der Waals surface area contributed by atoms with Crippen LogP contribution in [-0.2, 0) is 6.67 Å². The first-order valence-electron chi connectivity index (χ1n) is 7.74. The lowest BCUT2D eigenvalue weighted by Crippen LogP contribution is -2.48. The molecule has 0 bridgehead atoms. The number of likely N-dealkylation sites (tertiary alicyclic amines) is 1. The van der Waals surface area contributed by atoms with Gasteiger partial charge in [0, 0.05) is 24.7 Å². The molecular formula is C15H21N3O3. The summed E-state index contributed by atoms with van der Waals surface area (Å²) in [6.07, 6.45) is 8.84. The van der Waals surface area contributed by atoms with Gasteiger partial charge in [0.1, 0.15) is 0 Å². The molecular weight excluding hydrogens is 270 g/mol. The largest absolute Gasteiger partial charge is 0.295 e. The summed E-state index contributed by atoms with van der Waals surface area (Å²) in [4.78, 5) is 24.7. The summed E-state index contributed by atoms with van der Waals surface area (Å²) in [5.74, 6) is 0.738. The molecule has 0 unspecified atom stereocenters. The van der Waals surface area contributed by atoms with Crippen LogP contribution in [0.1, 0.15) is 38.5 Å². The van der Waals surface area contributed by atoms with Gasteiger partial charge in [-0.25, -0.2) is 0 Å². The minimum Gasteiger partial charge on any atom is -0.295 e. The SMILES string of the molecule is O=c1ccc([N+](=O)[O-])cn1CN1CCC[C@@H]2CCCC[C@@H]21. The van der Waals surface area contributed by atoms with Crippen LogP contribution in [0, 0.1) is 16.0 Å². The summed E-state index contributed by atoms with van der Waals surface area (Å²) in [5.41, 5.74) is -0.190. The number of nitrogens with zero attached hydrogens (tertiary/aromatic N) is 3. The zero-order valence-corrected chi connectivity index (χ0v) is 12.1. The molecule has 2 fully saturated rings. The summed E-state index contributed by atoms with van der Waals surface area (Å²) < 4.78 is 1.48. The molecule has 1 aliphatic carbocycles. The van der Waals surface area contributed by atoms with Gasteiger partial charge in [-0.05, 0) is 31.6 Å². The van der Waals surface area contributed by atoms with Gasteiger partial charge >= 0.3 is 0 Å². The molecule has 0 amide bonds. The molecule has 1 saturated heterocycles. The van der Waals surface area contributed by atoms with Crippen molar-refractivity contribution in [3.05, 3.63) is 38.8 Å². The molecule has 1 aliphatic heterocycles. The quantitative estimate of drug-likeness (QED) is 0.633. The van der Waals surface area contributed by atoms with Crippen molar-refractivity contribution in [3.63, 3.8) is 0 Å². The molecule has 0 N–H and O–H groups in total. The third-order valence-electron chi connectivity index (χ3n) is 4.87. The van der Waals surface area contributed by atoms with E-state index in [2.05, 4.69) is 4.90 Å². The van der Waals surface area contributed by atoms with Crippen LogP contribution in [0.5, 0.6) is 0 Å². The molecule has 1 aromatic heterocycles. The van der Waals surface area contributed by atoms with Crippen LogP contribution in [0.3, 0.4) is 0 Å². The average Bonchev–Trinajstić information content (AvgIpc) is 2.49. The molecule has 6 heteroatoms. The van der Waals surface area contributed by atoms with Gasteiger partial charge in [-0.15, -0.1) is 0 Å². The molecule has 6 nitrogen and oxygen atoms in total. The maximum atomic E-state index is 11.9. The monoisotopic (exact) mass is 291 g/mol. The van der Waals surface area contributed by atoms with E-state index in [-0.39, 0.29) is 11.2 Å². The van der Waals surface area contributed by atoms with Gasteiger partial charge < -0.3 is 0 Å². The van der Waals surface area contributed by atoms with Crippen molar-refractivity contribution < 1.29 is 4.92 Å². The summed E-state index contributed by atoms with van der Waals surface area (Å²) in [6.45, 7) is 1.46. The van der Waals surface area contributed by atoms with E-state index in [9.17, 15) is 14.9 Å². The van der Waals surface area contributed by atoms with Crippen LogP contribution in [0.25, 0.3) is 0 Å². The Balaban J connectivity index is 1.80. The second-order valence-corrected chi connectivity index (χ2v) is 6.16. The Bertz CT molecular complexity index is 582. The van der Waals surface area contributed by atoms with E-state index in [4.69, 9.17) is 0 Å². The van der Waals surface area contributed by atoms with Gasteiger partial charge in [0.25, 0.3) is 11.2 Å². The standard InChI is InChI=1S/C15H21N3O3/c19-15-8-7-13(18(20)21)10-17(15)11-16-9-3-5-12-4-1-2-6-14(12)16/h7-8,10,12,14H,1-6,9,11H2/t12-,14-/m0/s1. The minimum atomic E-state index is -0.449. The highest BCUT2D eigenvalue weighted by molar-refractivity contribution is 5.24. The third-order valence-corrected chi connectivity index (χ3v) is 4.87. The summed E-state index contributed by atoms with van der Waals surface area (Å²) >= 11 is 0. The molecule has 2 heterocycles. The lowest BCUT2D eigenvalue weighted by Gasteiger charge is -2.44. The first-order chi connectivity index (χ1) is 10.1. The number of hydrogen-bond donors (Lipinski definition) is 0. The zero-order chi connectivity index (χ0) is 14.8. The van der Waals surface area contributed by atoms with E-state index in [1.165, 1.54) is 55.0 Å². The fraction of sp³-hybridized carbons (Fsp3) is 0.667. The van der Waals surface area contributed by atoms with Crippen molar-refractivity contribution in [2.24, 2.45) is 5.92 Å². The Morgan fingerprint density at radius 2 is 1.95 bits per heavy atom. The first kappa shape index (κ1) is 14.3. The zero-order valence-electron chi connectivity index (χ0n) is 12.1. The second kappa shape index (κ2) is 5.97. The number of piperidine rings is 1. The van der Waals surface area contributed by atoms with Crippen molar-refractivity contribution in [2.75, 3.05) is 6.54 Å². The van der Waals surface area contributed by atoms with Crippen molar-refractivity contribution in [3.8, 4) is 0 Å². The van der Waals surface area contributed by atoms with Crippen LogP contribution in [-0.4, -0.2) is 27.0 Å². The number of rotatable bonds is 3. The molecule has 21 heavy (non-hydrogen) atoms. The number of hydrogen-bond acceptors (Lipinski definition) is 4. The lowest BCUT2D eigenvalue weighted by molar-refractivity contribution is -0.385. The van der Waals surface area contributed by atoms with Crippen LogP contribution < -0.4 is 5.56 Å². The number of fused-ring (bicyclic) bond motifs is 1. The summed E-state index contributed by atoms with van der Waals surface area (Å²) in [5, 5.41) is 10.9. The molecule has 0 spiro atoms. The molecule has 2 atom stereocenters. The minimum absolute atomic E-state index is 0.0215. The van der Waals surface area contributed by atoms with Crippen molar-refractivity contribution in [2.45, 2.75) is 51.2 Å². The topological polar surface area (TPSA) is 68.4 Å².